The third kappa shape index (κ3) is 3.08. The van der Waals surface area contributed by atoms with E-state index in [4.69, 9.17) is 0 Å². The highest BCUT2D eigenvalue weighted by Gasteiger charge is 2.36. The highest BCUT2D eigenvalue weighted by atomic mass is 32.1. The molecule has 0 aliphatic heterocycles. The van der Waals surface area contributed by atoms with Crippen molar-refractivity contribution in [3.8, 4) is 0 Å². The van der Waals surface area contributed by atoms with Gasteiger partial charge in [-0.2, -0.15) is 13.2 Å². The molecule has 7 heteroatoms. The lowest BCUT2D eigenvalue weighted by Crippen LogP contribution is -2.30. The predicted octanol–water partition coefficient (Wildman–Crippen LogP) is 3.55. The smallest absolute Gasteiger partial charge is 0.357 e. The molecule has 1 N–H and O–H groups in total. The first-order chi connectivity index (χ1) is 7.97. The summed E-state index contributed by atoms with van der Waals surface area (Å²) in [6.45, 7) is 2.11. The third-order valence-electron chi connectivity index (χ3n) is 3.09. The quantitative estimate of drug-likeness (QED) is 0.888. The molecule has 1 saturated carbocycles. The SMILES string of the molecule is CC1CCCCC1Nc1nnc(C(F)(F)F)s1. The summed E-state index contributed by atoms with van der Waals surface area (Å²) in [5.41, 5.74) is 0. The molecule has 3 nitrogen and oxygen atoms in total. The number of nitrogens with zero attached hydrogens (tertiary/aromatic N) is 2. The molecule has 96 valence electrons. The highest BCUT2D eigenvalue weighted by molar-refractivity contribution is 7.15. The number of rotatable bonds is 2. The Balaban J connectivity index is 2.01. The fourth-order valence-electron chi connectivity index (χ4n) is 2.09. The molecule has 1 aliphatic carbocycles. The number of alkyl halides is 3. The number of hydrogen-bond donors (Lipinski definition) is 1. The second kappa shape index (κ2) is 4.80. The maximum Gasteiger partial charge on any atom is 0.445 e. The van der Waals surface area contributed by atoms with Crippen molar-refractivity contribution in [2.24, 2.45) is 5.92 Å². The second-order valence-corrected chi connectivity index (χ2v) is 5.40. The van der Waals surface area contributed by atoms with Crippen molar-refractivity contribution < 1.29 is 13.2 Å². The van der Waals surface area contributed by atoms with Crippen LogP contribution in [0.15, 0.2) is 0 Å². The van der Waals surface area contributed by atoms with Crippen molar-refractivity contribution in [1.82, 2.24) is 10.2 Å². The van der Waals surface area contributed by atoms with Crippen LogP contribution in [-0.2, 0) is 6.18 Å². The topological polar surface area (TPSA) is 37.8 Å². The molecule has 2 unspecified atom stereocenters. The molecule has 2 rings (SSSR count). The van der Waals surface area contributed by atoms with Gasteiger partial charge in [-0.1, -0.05) is 31.1 Å². The molecular weight excluding hydrogens is 251 g/mol. The van der Waals surface area contributed by atoms with Crippen LogP contribution in [0.25, 0.3) is 0 Å². The summed E-state index contributed by atoms with van der Waals surface area (Å²) in [5, 5.41) is 9.16. The first-order valence-corrected chi connectivity index (χ1v) is 6.45. The minimum absolute atomic E-state index is 0.220. The van der Waals surface area contributed by atoms with Crippen LogP contribution in [0.1, 0.15) is 37.6 Å². The van der Waals surface area contributed by atoms with E-state index in [1.807, 2.05) is 0 Å². The van der Waals surface area contributed by atoms with Gasteiger partial charge in [0.05, 0.1) is 0 Å². The van der Waals surface area contributed by atoms with E-state index >= 15 is 0 Å². The van der Waals surface area contributed by atoms with Gasteiger partial charge in [0, 0.05) is 6.04 Å². The van der Waals surface area contributed by atoms with Crippen molar-refractivity contribution in [3.05, 3.63) is 5.01 Å². The van der Waals surface area contributed by atoms with E-state index in [1.54, 1.807) is 0 Å². The van der Waals surface area contributed by atoms with E-state index in [1.165, 1.54) is 6.42 Å². The van der Waals surface area contributed by atoms with Gasteiger partial charge in [-0.05, 0) is 18.8 Å². The van der Waals surface area contributed by atoms with Gasteiger partial charge in [-0.3, -0.25) is 0 Å². The lowest BCUT2D eigenvalue weighted by molar-refractivity contribution is -0.138. The first-order valence-electron chi connectivity index (χ1n) is 5.64. The van der Waals surface area contributed by atoms with Crippen LogP contribution in [0.3, 0.4) is 0 Å². The van der Waals surface area contributed by atoms with Crippen LogP contribution in [0.2, 0.25) is 0 Å². The van der Waals surface area contributed by atoms with Gasteiger partial charge in [0.25, 0.3) is 0 Å². The van der Waals surface area contributed by atoms with Crippen LogP contribution >= 0.6 is 11.3 Å². The molecule has 0 aromatic carbocycles. The van der Waals surface area contributed by atoms with Crippen LogP contribution in [0, 0.1) is 5.92 Å². The molecule has 1 aromatic heterocycles. The minimum Gasteiger partial charge on any atom is -0.357 e. The standard InChI is InChI=1S/C10H14F3N3S/c1-6-4-2-3-5-7(6)14-9-16-15-8(17-9)10(11,12)13/h6-7H,2-5H2,1H3,(H,14,16). The number of aromatic nitrogens is 2. The molecule has 1 aliphatic rings. The van der Waals surface area contributed by atoms with Crippen molar-refractivity contribution in [1.29, 1.82) is 0 Å². The highest BCUT2D eigenvalue weighted by Crippen LogP contribution is 2.34. The van der Waals surface area contributed by atoms with Gasteiger partial charge in [-0.25, -0.2) is 0 Å². The van der Waals surface area contributed by atoms with Gasteiger partial charge >= 0.3 is 6.18 Å². The maximum absolute atomic E-state index is 12.3. The van der Waals surface area contributed by atoms with Crippen LogP contribution in [0.5, 0.6) is 0 Å². The normalized spacial score (nSPS) is 25.9. The van der Waals surface area contributed by atoms with E-state index in [-0.39, 0.29) is 11.2 Å². The molecule has 0 bridgehead atoms. The van der Waals surface area contributed by atoms with E-state index in [2.05, 4.69) is 22.4 Å². The lowest BCUT2D eigenvalue weighted by Gasteiger charge is -2.29. The lowest BCUT2D eigenvalue weighted by atomic mass is 9.86. The molecule has 0 saturated heterocycles. The van der Waals surface area contributed by atoms with Crippen molar-refractivity contribution in [2.75, 3.05) is 5.32 Å². The van der Waals surface area contributed by atoms with E-state index in [9.17, 15) is 13.2 Å². The van der Waals surface area contributed by atoms with Gasteiger partial charge in [0.15, 0.2) is 0 Å². The first kappa shape index (κ1) is 12.6. The molecule has 0 radical (unpaired) electrons. The van der Waals surface area contributed by atoms with E-state index < -0.39 is 11.2 Å². The summed E-state index contributed by atoms with van der Waals surface area (Å²) in [6, 6.07) is 0.220. The fourth-order valence-corrected chi connectivity index (χ4v) is 2.76. The number of halogens is 3. The largest absolute Gasteiger partial charge is 0.445 e. The predicted molar refractivity (Wildman–Crippen MR) is 60.0 cm³/mol. The molecule has 1 fully saturated rings. The van der Waals surface area contributed by atoms with E-state index in [0.29, 0.717) is 17.3 Å². The van der Waals surface area contributed by atoms with E-state index in [0.717, 1.165) is 19.3 Å². The summed E-state index contributed by atoms with van der Waals surface area (Å²) >= 11 is 0.577. The molecule has 0 amide bonds. The summed E-state index contributed by atoms with van der Waals surface area (Å²) in [7, 11) is 0. The number of anilines is 1. The fraction of sp³-hybridized carbons (Fsp3) is 0.800. The zero-order chi connectivity index (χ0) is 12.5. The van der Waals surface area contributed by atoms with Crippen molar-refractivity contribution >= 4 is 16.5 Å². The Morgan fingerprint density at radius 3 is 2.53 bits per heavy atom. The molecule has 1 aromatic rings. The maximum atomic E-state index is 12.3. The van der Waals surface area contributed by atoms with Crippen LogP contribution < -0.4 is 5.32 Å². The monoisotopic (exact) mass is 265 g/mol. The Bertz CT molecular complexity index is 377. The Morgan fingerprint density at radius 2 is 1.94 bits per heavy atom. The number of nitrogens with one attached hydrogen (secondary N) is 1. The molecular formula is C10H14F3N3S. The zero-order valence-electron chi connectivity index (χ0n) is 9.42. The van der Waals surface area contributed by atoms with Gasteiger partial charge in [0.1, 0.15) is 0 Å². The molecule has 0 spiro atoms. The third-order valence-corrected chi connectivity index (χ3v) is 3.99. The molecule has 17 heavy (non-hydrogen) atoms. The number of hydrogen-bond acceptors (Lipinski definition) is 4. The van der Waals surface area contributed by atoms with Gasteiger partial charge in [0.2, 0.25) is 10.1 Å². The van der Waals surface area contributed by atoms with Gasteiger partial charge in [-0.15, -0.1) is 10.2 Å². The second-order valence-electron chi connectivity index (χ2n) is 4.42. The van der Waals surface area contributed by atoms with Crippen molar-refractivity contribution in [3.63, 3.8) is 0 Å². The minimum atomic E-state index is -4.39. The Morgan fingerprint density at radius 1 is 1.24 bits per heavy atom. The summed E-state index contributed by atoms with van der Waals surface area (Å²) < 4.78 is 37.0. The molecule has 2 atom stereocenters. The summed E-state index contributed by atoms with van der Waals surface area (Å²) in [6.07, 6.45) is 0.0245. The summed E-state index contributed by atoms with van der Waals surface area (Å²) in [5.74, 6) is 0.474. The Hall–Kier alpha value is -0.850. The van der Waals surface area contributed by atoms with Gasteiger partial charge < -0.3 is 5.32 Å². The Kier molecular flexibility index (Phi) is 3.56. The average Bonchev–Trinajstić information content (AvgIpc) is 2.69. The van der Waals surface area contributed by atoms with Crippen LogP contribution in [-0.4, -0.2) is 16.2 Å². The van der Waals surface area contributed by atoms with Crippen LogP contribution in [0.4, 0.5) is 18.3 Å². The zero-order valence-corrected chi connectivity index (χ0v) is 10.2. The average molecular weight is 265 g/mol. The Labute approximate surface area is 101 Å². The van der Waals surface area contributed by atoms with Crippen molar-refractivity contribution in [2.45, 2.75) is 44.8 Å². The molecule has 1 heterocycles. The summed E-state index contributed by atoms with van der Waals surface area (Å²) in [4.78, 5) is 0.